The van der Waals surface area contributed by atoms with Crippen LogP contribution in [0, 0.1) is 0 Å². The van der Waals surface area contributed by atoms with Crippen molar-refractivity contribution in [2.24, 2.45) is 0 Å². The van der Waals surface area contributed by atoms with Crippen LogP contribution in [-0.2, 0) is 9.53 Å². The zero-order valence-electron chi connectivity index (χ0n) is 16.3. The summed E-state index contributed by atoms with van der Waals surface area (Å²) in [5.41, 5.74) is 1.12. The van der Waals surface area contributed by atoms with Crippen molar-refractivity contribution in [1.82, 2.24) is 15.5 Å². The van der Waals surface area contributed by atoms with E-state index < -0.39 is 0 Å². The molecule has 2 heterocycles. The first-order chi connectivity index (χ1) is 14.2. The van der Waals surface area contributed by atoms with Crippen molar-refractivity contribution in [1.29, 1.82) is 0 Å². The number of hydrogen-bond donors (Lipinski definition) is 2. The molecule has 1 aliphatic rings. The SMILES string of the molecule is C[C@H](NC(=O)CSc1nnc(NC[C@H]2CCCO2)s1)c1cccc2ccccc12. The maximum atomic E-state index is 12.4. The molecule has 8 heteroatoms. The lowest BCUT2D eigenvalue weighted by Crippen LogP contribution is -2.28. The van der Waals surface area contributed by atoms with Gasteiger partial charge in [-0.2, -0.15) is 0 Å². The Labute approximate surface area is 178 Å². The molecule has 0 saturated carbocycles. The highest BCUT2D eigenvalue weighted by Gasteiger charge is 2.17. The Hall–Kier alpha value is -2.16. The van der Waals surface area contributed by atoms with Crippen molar-refractivity contribution in [3.05, 3.63) is 48.0 Å². The van der Waals surface area contributed by atoms with Gasteiger partial charge in [-0.25, -0.2) is 0 Å². The van der Waals surface area contributed by atoms with Crippen LogP contribution >= 0.6 is 23.1 Å². The number of anilines is 1. The molecule has 2 atom stereocenters. The highest BCUT2D eigenvalue weighted by molar-refractivity contribution is 8.01. The molecular weight excluding hydrogens is 404 g/mol. The third-order valence-corrected chi connectivity index (χ3v) is 6.92. The molecule has 1 amide bonds. The number of carbonyl (C=O) groups is 1. The monoisotopic (exact) mass is 428 g/mol. The Morgan fingerprint density at radius 1 is 1.28 bits per heavy atom. The van der Waals surface area contributed by atoms with Crippen LogP contribution in [0.5, 0.6) is 0 Å². The molecule has 2 N–H and O–H groups in total. The molecule has 1 aliphatic heterocycles. The Kier molecular flexibility index (Phi) is 6.63. The fourth-order valence-electron chi connectivity index (χ4n) is 3.46. The smallest absolute Gasteiger partial charge is 0.230 e. The van der Waals surface area contributed by atoms with E-state index in [0.717, 1.165) is 41.0 Å². The van der Waals surface area contributed by atoms with Gasteiger partial charge in [-0.15, -0.1) is 10.2 Å². The van der Waals surface area contributed by atoms with Gasteiger partial charge in [0.1, 0.15) is 0 Å². The number of ether oxygens (including phenoxy) is 1. The number of hydrogen-bond acceptors (Lipinski definition) is 7. The van der Waals surface area contributed by atoms with Crippen molar-refractivity contribution >= 4 is 44.9 Å². The van der Waals surface area contributed by atoms with Gasteiger partial charge in [0.25, 0.3) is 0 Å². The lowest BCUT2D eigenvalue weighted by Gasteiger charge is -2.16. The van der Waals surface area contributed by atoms with Crippen molar-refractivity contribution in [3.8, 4) is 0 Å². The molecule has 0 radical (unpaired) electrons. The topological polar surface area (TPSA) is 76.1 Å². The lowest BCUT2D eigenvalue weighted by atomic mass is 10.00. The average molecular weight is 429 g/mol. The third kappa shape index (κ3) is 5.26. The molecule has 0 aliphatic carbocycles. The van der Waals surface area contributed by atoms with E-state index in [1.807, 2.05) is 25.1 Å². The van der Waals surface area contributed by atoms with E-state index in [0.29, 0.717) is 5.75 Å². The van der Waals surface area contributed by atoms with Crippen LogP contribution in [0.4, 0.5) is 5.13 Å². The highest BCUT2D eigenvalue weighted by Crippen LogP contribution is 2.27. The molecule has 1 saturated heterocycles. The summed E-state index contributed by atoms with van der Waals surface area (Å²) < 4.78 is 6.38. The molecule has 152 valence electrons. The molecule has 0 unspecified atom stereocenters. The van der Waals surface area contributed by atoms with Gasteiger partial charge >= 0.3 is 0 Å². The Bertz CT molecular complexity index is 967. The van der Waals surface area contributed by atoms with Crippen LogP contribution < -0.4 is 10.6 Å². The molecule has 1 aromatic heterocycles. The summed E-state index contributed by atoms with van der Waals surface area (Å²) in [5, 5.41) is 17.8. The second-order valence-electron chi connectivity index (χ2n) is 7.04. The first kappa shape index (κ1) is 20.1. The Morgan fingerprint density at radius 2 is 2.14 bits per heavy atom. The highest BCUT2D eigenvalue weighted by atomic mass is 32.2. The second kappa shape index (κ2) is 9.56. The number of nitrogens with zero attached hydrogens (tertiary/aromatic N) is 2. The second-order valence-corrected chi connectivity index (χ2v) is 9.24. The van der Waals surface area contributed by atoms with E-state index in [1.165, 1.54) is 33.9 Å². The predicted molar refractivity (Wildman–Crippen MR) is 119 cm³/mol. The van der Waals surface area contributed by atoms with Gasteiger partial charge in [0.2, 0.25) is 11.0 Å². The minimum Gasteiger partial charge on any atom is -0.376 e. The summed E-state index contributed by atoms with van der Waals surface area (Å²) in [7, 11) is 0. The molecule has 0 spiro atoms. The lowest BCUT2D eigenvalue weighted by molar-refractivity contribution is -0.119. The van der Waals surface area contributed by atoms with Crippen LogP contribution in [0.25, 0.3) is 10.8 Å². The zero-order chi connectivity index (χ0) is 20.1. The number of nitrogens with one attached hydrogen (secondary N) is 2. The third-order valence-electron chi connectivity index (χ3n) is 4.91. The van der Waals surface area contributed by atoms with Gasteiger partial charge in [0.05, 0.1) is 17.9 Å². The minimum absolute atomic E-state index is 0.0144. The number of aromatic nitrogens is 2. The van der Waals surface area contributed by atoms with E-state index in [4.69, 9.17) is 4.74 Å². The molecule has 1 fully saturated rings. The number of fused-ring (bicyclic) bond motifs is 1. The van der Waals surface area contributed by atoms with Gasteiger partial charge in [-0.3, -0.25) is 4.79 Å². The molecular formula is C21H24N4O2S2. The average Bonchev–Trinajstić information content (AvgIpc) is 3.42. The molecule has 4 rings (SSSR count). The molecule has 0 bridgehead atoms. The zero-order valence-corrected chi connectivity index (χ0v) is 17.9. The predicted octanol–water partition coefficient (Wildman–Crippen LogP) is 4.25. The minimum atomic E-state index is -0.0627. The van der Waals surface area contributed by atoms with Gasteiger partial charge in [0.15, 0.2) is 4.34 Å². The van der Waals surface area contributed by atoms with Crippen LogP contribution in [0.15, 0.2) is 46.8 Å². The fourth-order valence-corrected chi connectivity index (χ4v) is 5.03. The van der Waals surface area contributed by atoms with Crippen LogP contribution in [0.3, 0.4) is 0 Å². The number of thioether (sulfide) groups is 1. The van der Waals surface area contributed by atoms with Gasteiger partial charge in [-0.1, -0.05) is 65.6 Å². The van der Waals surface area contributed by atoms with Gasteiger partial charge in [-0.05, 0) is 36.1 Å². The fraction of sp³-hybridized carbons (Fsp3) is 0.381. The van der Waals surface area contributed by atoms with Crippen LogP contribution in [0.1, 0.15) is 31.4 Å². The molecule has 3 aromatic rings. The Balaban J connectivity index is 1.27. The first-order valence-corrected chi connectivity index (χ1v) is 11.6. The summed E-state index contributed by atoms with van der Waals surface area (Å²) in [4.78, 5) is 12.4. The van der Waals surface area contributed by atoms with Gasteiger partial charge < -0.3 is 15.4 Å². The van der Waals surface area contributed by atoms with Crippen LogP contribution in [0.2, 0.25) is 0 Å². The largest absolute Gasteiger partial charge is 0.376 e. The molecule has 2 aromatic carbocycles. The number of carbonyl (C=O) groups excluding carboxylic acids is 1. The van der Waals surface area contributed by atoms with Crippen molar-refractivity contribution in [2.75, 3.05) is 24.2 Å². The van der Waals surface area contributed by atoms with E-state index in [9.17, 15) is 4.79 Å². The quantitative estimate of drug-likeness (QED) is 0.523. The summed E-state index contributed by atoms with van der Waals surface area (Å²) in [6, 6.07) is 14.3. The maximum Gasteiger partial charge on any atom is 0.230 e. The van der Waals surface area contributed by atoms with E-state index in [2.05, 4.69) is 45.1 Å². The van der Waals surface area contributed by atoms with E-state index in [1.54, 1.807) is 0 Å². The van der Waals surface area contributed by atoms with E-state index in [-0.39, 0.29) is 18.1 Å². The summed E-state index contributed by atoms with van der Waals surface area (Å²) in [6.45, 7) is 3.61. The van der Waals surface area contributed by atoms with Crippen LogP contribution in [-0.4, -0.2) is 41.1 Å². The normalized spacial score (nSPS) is 17.3. The summed E-state index contributed by atoms with van der Waals surface area (Å²) in [5.74, 6) is 0.301. The summed E-state index contributed by atoms with van der Waals surface area (Å²) in [6.07, 6.45) is 2.47. The molecule has 6 nitrogen and oxygen atoms in total. The van der Waals surface area contributed by atoms with Crippen molar-refractivity contribution in [2.45, 2.75) is 36.3 Å². The van der Waals surface area contributed by atoms with E-state index >= 15 is 0 Å². The number of benzene rings is 2. The number of amides is 1. The standard InChI is InChI=1S/C21H24N4O2S2/c1-14(17-10-4-7-15-6-2-3-9-18(15)17)23-19(26)13-28-21-25-24-20(29-21)22-12-16-8-5-11-27-16/h2-4,6-7,9-10,14,16H,5,8,11-13H2,1H3,(H,22,24)(H,23,26)/t14-,16+/m0/s1. The molecule has 29 heavy (non-hydrogen) atoms. The number of rotatable bonds is 8. The first-order valence-electron chi connectivity index (χ1n) is 9.78. The van der Waals surface area contributed by atoms with Crippen molar-refractivity contribution < 1.29 is 9.53 Å². The van der Waals surface area contributed by atoms with Crippen molar-refractivity contribution in [3.63, 3.8) is 0 Å². The summed E-state index contributed by atoms with van der Waals surface area (Å²) >= 11 is 2.88. The van der Waals surface area contributed by atoms with Gasteiger partial charge in [0, 0.05) is 13.2 Å². The maximum absolute atomic E-state index is 12.4. The Morgan fingerprint density at radius 3 is 3.00 bits per heavy atom.